The van der Waals surface area contributed by atoms with E-state index in [1.807, 2.05) is 0 Å². The van der Waals surface area contributed by atoms with Gasteiger partial charge in [-0.25, -0.2) is 0 Å². The van der Waals surface area contributed by atoms with Crippen molar-refractivity contribution in [2.75, 3.05) is 13.1 Å². The van der Waals surface area contributed by atoms with Crippen LogP contribution in [0.2, 0.25) is 0 Å². The highest BCUT2D eigenvalue weighted by atomic mass is 16.4. The van der Waals surface area contributed by atoms with E-state index in [0.29, 0.717) is 6.42 Å². The Hall–Kier alpha value is -0.570. The van der Waals surface area contributed by atoms with Crippen molar-refractivity contribution < 1.29 is 9.90 Å². The minimum Gasteiger partial charge on any atom is -0.481 e. The number of nitrogens with zero attached hydrogens (tertiary/aromatic N) is 1. The molecule has 17 heavy (non-hydrogen) atoms. The van der Waals surface area contributed by atoms with Crippen LogP contribution in [0.1, 0.15) is 57.8 Å². The Labute approximate surface area is 104 Å². The number of piperidine rings is 1. The van der Waals surface area contributed by atoms with E-state index in [4.69, 9.17) is 5.11 Å². The molecule has 1 saturated heterocycles. The molecule has 0 aromatic heterocycles. The summed E-state index contributed by atoms with van der Waals surface area (Å²) in [7, 11) is 0. The molecule has 2 aliphatic rings. The number of carboxylic acid groups (broad SMARTS) is 1. The minimum absolute atomic E-state index is 0.339. The van der Waals surface area contributed by atoms with Gasteiger partial charge in [0.2, 0.25) is 0 Å². The van der Waals surface area contributed by atoms with Gasteiger partial charge in [-0.05, 0) is 57.5 Å². The first-order valence-corrected chi connectivity index (χ1v) is 7.23. The summed E-state index contributed by atoms with van der Waals surface area (Å²) in [5.74, 6) is 0.321. The van der Waals surface area contributed by atoms with Crippen LogP contribution in [0.5, 0.6) is 0 Å². The SMILES string of the molecule is O=C(O)CCCCCN1CCCC2CCCC21. The molecule has 0 aromatic rings. The van der Waals surface area contributed by atoms with E-state index in [0.717, 1.165) is 24.8 Å². The first-order valence-electron chi connectivity index (χ1n) is 7.23. The predicted molar refractivity (Wildman–Crippen MR) is 68.0 cm³/mol. The van der Waals surface area contributed by atoms with Gasteiger partial charge in [-0.15, -0.1) is 0 Å². The summed E-state index contributed by atoms with van der Waals surface area (Å²) >= 11 is 0. The summed E-state index contributed by atoms with van der Waals surface area (Å²) in [5, 5.41) is 8.57. The number of aliphatic carboxylic acids is 1. The zero-order valence-electron chi connectivity index (χ0n) is 10.7. The number of fused-ring (bicyclic) bond motifs is 1. The molecule has 1 aliphatic heterocycles. The summed E-state index contributed by atoms with van der Waals surface area (Å²) in [6.07, 6.45) is 10.5. The van der Waals surface area contributed by atoms with Crippen LogP contribution in [0.15, 0.2) is 0 Å². The molecule has 2 unspecified atom stereocenters. The number of hydrogen-bond acceptors (Lipinski definition) is 2. The lowest BCUT2D eigenvalue weighted by Gasteiger charge is -2.37. The Morgan fingerprint density at radius 3 is 2.76 bits per heavy atom. The van der Waals surface area contributed by atoms with Crippen LogP contribution in [0.25, 0.3) is 0 Å². The number of hydrogen-bond donors (Lipinski definition) is 1. The average molecular weight is 239 g/mol. The molecule has 1 N–H and O–H groups in total. The van der Waals surface area contributed by atoms with Crippen molar-refractivity contribution in [3.05, 3.63) is 0 Å². The van der Waals surface area contributed by atoms with Crippen molar-refractivity contribution in [3.63, 3.8) is 0 Å². The van der Waals surface area contributed by atoms with Crippen molar-refractivity contribution in [2.45, 2.75) is 63.8 Å². The third kappa shape index (κ3) is 3.70. The second-order valence-electron chi connectivity index (χ2n) is 5.64. The highest BCUT2D eigenvalue weighted by molar-refractivity contribution is 5.66. The highest BCUT2D eigenvalue weighted by Crippen LogP contribution is 2.36. The summed E-state index contributed by atoms with van der Waals surface area (Å²) < 4.78 is 0. The van der Waals surface area contributed by atoms with Crippen molar-refractivity contribution in [1.29, 1.82) is 0 Å². The van der Waals surface area contributed by atoms with Gasteiger partial charge in [0.15, 0.2) is 0 Å². The van der Waals surface area contributed by atoms with E-state index in [-0.39, 0.29) is 0 Å². The summed E-state index contributed by atoms with van der Waals surface area (Å²) in [6.45, 7) is 2.47. The Bertz CT molecular complexity index is 255. The third-order valence-electron chi connectivity index (χ3n) is 4.44. The minimum atomic E-state index is -0.654. The van der Waals surface area contributed by atoms with Crippen LogP contribution >= 0.6 is 0 Å². The molecule has 2 fully saturated rings. The molecule has 3 nitrogen and oxygen atoms in total. The maximum atomic E-state index is 10.4. The number of rotatable bonds is 6. The molecule has 0 bridgehead atoms. The van der Waals surface area contributed by atoms with Crippen molar-refractivity contribution in [3.8, 4) is 0 Å². The molecule has 0 aromatic carbocycles. The maximum Gasteiger partial charge on any atom is 0.303 e. The molecule has 0 spiro atoms. The molecule has 2 atom stereocenters. The van der Waals surface area contributed by atoms with Gasteiger partial charge in [-0.1, -0.05) is 12.8 Å². The first-order chi connectivity index (χ1) is 8.27. The fraction of sp³-hybridized carbons (Fsp3) is 0.929. The molecule has 1 saturated carbocycles. The lowest BCUT2D eigenvalue weighted by Crippen LogP contribution is -2.42. The summed E-state index contributed by atoms with van der Waals surface area (Å²) in [6, 6.07) is 0.864. The fourth-order valence-corrected chi connectivity index (χ4v) is 3.60. The van der Waals surface area contributed by atoms with Crippen LogP contribution < -0.4 is 0 Å². The number of carbonyl (C=O) groups is 1. The van der Waals surface area contributed by atoms with Crippen LogP contribution in [0.4, 0.5) is 0 Å². The van der Waals surface area contributed by atoms with Crippen LogP contribution in [0.3, 0.4) is 0 Å². The first kappa shape index (κ1) is 12.9. The second-order valence-corrected chi connectivity index (χ2v) is 5.64. The van der Waals surface area contributed by atoms with Crippen molar-refractivity contribution in [1.82, 2.24) is 4.90 Å². The van der Waals surface area contributed by atoms with Crippen LogP contribution in [0, 0.1) is 5.92 Å². The van der Waals surface area contributed by atoms with Gasteiger partial charge in [0.05, 0.1) is 0 Å². The molecule has 98 valence electrons. The van der Waals surface area contributed by atoms with Gasteiger partial charge < -0.3 is 10.0 Å². The van der Waals surface area contributed by atoms with E-state index >= 15 is 0 Å². The molecule has 1 aliphatic carbocycles. The molecule has 2 rings (SSSR count). The van der Waals surface area contributed by atoms with Crippen molar-refractivity contribution >= 4 is 5.97 Å². The van der Waals surface area contributed by atoms with Gasteiger partial charge >= 0.3 is 5.97 Å². The molecule has 0 amide bonds. The molecule has 1 heterocycles. The monoisotopic (exact) mass is 239 g/mol. The van der Waals surface area contributed by atoms with E-state index in [2.05, 4.69) is 4.90 Å². The van der Waals surface area contributed by atoms with Crippen LogP contribution in [-0.4, -0.2) is 35.1 Å². The second kappa shape index (κ2) is 6.39. The Kier molecular flexibility index (Phi) is 4.84. The molecular weight excluding hydrogens is 214 g/mol. The number of unbranched alkanes of at least 4 members (excludes halogenated alkanes) is 2. The van der Waals surface area contributed by atoms with Gasteiger partial charge in [0, 0.05) is 12.5 Å². The van der Waals surface area contributed by atoms with Gasteiger partial charge in [-0.3, -0.25) is 4.79 Å². The fourth-order valence-electron chi connectivity index (χ4n) is 3.60. The quantitative estimate of drug-likeness (QED) is 0.725. The Morgan fingerprint density at radius 1 is 1.12 bits per heavy atom. The Morgan fingerprint density at radius 2 is 1.94 bits per heavy atom. The molecule has 0 radical (unpaired) electrons. The van der Waals surface area contributed by atoms with E-state index in [9.17, 15) is 4.79 Å². The molecular formula is C14H25NO2. The lowest BCUT2D eigenvalue weighted by molar-refractivity contribution is -0.137. The molecule has 3 heteroatoms. The Balaban J connectivity index is 1.63. The standard InChI is InChI=1S/C14H25NO2/c16-14(17)9-2-1-3-10-15-11-5-7-12-6-4-8-13(12)15/h12-13H,1-11H2,(H,16,17). The normalized spacial score (nSPS) is 29.2. The third-order valence-corrected chi connectivity index (χ3v) is 4.44. The number of carboxylic acids is 1. The zero-order valence-corrected chi connectivity index (χ0v) is 10.7. The predicted octanol–water partition coefficient (Wildman–Crippen LogP) is 2.90. The van der Waals surface area contributed by atoms with Gasteiger partial charge in [0.25, 0.3) is 0 Å². The largest absolute Gasteiger partial charge is 0.481 e. The van der Waals surface area contributed by atoms with E-state index < -0.39 is 5.97 Å². The topological polar surface area (TPSA) is 40.5 Å². The van der Waals surface area contributed by atoms with Crippen LogP contribution in [-0.2, 0) is 4.79 Å². The summed E-state index contributed by atoms with van der Waals surface area (Å²) in [4.78, 5) is 13.1. The van der Waals surface area contributed by atoms with Gasteiger partial charge in [-0.2, -0.15) is 0 Å². The highest BCUT2D eigenvalue weighted by Gasteiger charge is 2.34. The lowest BCUT2D eigenvalue weighted by atomic mass is 9.92. The average Bonchev–Trinajstić information content (AvgIpc) is 2.77. The zero-order chi connectivity index (χ0) is 12.1. The van der Waals surface area contributed by atoms with Crippen molar-refractivity contribution in [2.24, 2.45) is 5.92 Å². The maximum absolute atomic E-state index is 10.4. The smallest absolute Gasteiger partial charge is 0.303 e. The summed E-state index contributed by atoms with van der Waals surface area (Å²) in [5.41, 5.74) is 0. The number of likely N-dealkylation sites (tertiary alicyclic amines) is 1. The van der Waals surface area contributed by atoms with E-state index in [1.165, 1.54) is 51.6 Å². The van der Waals surface area contributed by atoms with Gasteiger partial charge in [0.1, 0.15) is 0 Å². The van der Waals surface area contributed by atoms with E-state index in [1.54, 1.807) is 0 Å².